The van der Waals surface area contributed by atoms with Gasteiger partial charge < -0.3 is 5.11 Å². The molecule has 18 heavy (non-hydrogen) atoms. The molecule has 7 heteroatoms. The maximum Gasteiger partial charge on any atom is 0.433 e. The van der Waals surface area contributed by atoms with Crippen molar-refractivity contribution in [3.63, 3.8) is 0 Å². The summed E-state index contributed by atoms with van der Waals surface area (Å²) in [5, 5.41) is 14.2. The van der Waals surface area contributed by atoms with Gasteiger partial charge in [0.15, 0.2) is 0 Å². The monoisotopic (exact) mass is 258 g/mol. The number of alkyl halides is 3. The van der Waals surface area contributed by atoms with E-state index in [9.17, 15) is 18.0 Å². The summed E-state index contributed by atoms with van der Waals surface area (Å²) >= 11 is 0. The average molecular weight is 258 g/mol. The summed E-state index contributed by atoms with van der Waals surface area (Å²) in [4.78, 5) is 10.9. The van der Waals surface area contributed by atoms with E-state index in [4.69, 9.17) is 5.11 Å². The molecule has 0 bridgehead atoms. The number of aromatic amines is 1. The molecule has 0 aliphatic heterocycles. The van der Waals surface area contributed by atoms with Gasteiger partial charge >= 0.3 is 12.1 Å². The van der Waals surface area contributed by atoms with Gasteiger partial charge in [0, 0.05) is 5.39 Å². The Labute approximate surface area is 99.4 Å². The van der Waals surface area contributed by atoms with E-state index in [-0.39, 0.29) is 16.5 Å². The van der Waals surface area contributed by atoms with Gasteiger partial charge in [-0.2, -0.15) is 18.3 Å². The SMILES string of the molecule is CC(C(=O)O)c1cccc2n[nH]c(C(F)(F)F)c12. The molecule has 96 valence electrons. The van der Waals surface area contributed by atoms with Crippen LogP contribution in [0.3, 0.4) is 0 Å². The van der Waals surface area contributed by atoms with Crippen molar-refractivity contribution in [1.29, 1.82) is 0 Å². The highest BCUT2D eigenvalue weighted by atomic mass is 19.4. The summed E-state index contributed by atoms with van der Waals surface area (Å²) in [5.41, 5.74) is -0.810. The van der Waals surface area contributed by atoms with Crippen LogP contribution in [-0.4, -0.2) is 21.3 Å². The lowest BCUT2D eigenvalue weighted by atomic mass is 9.96. The molecule has 4 nitrogen and oxygen atoms in total. The number of nitrogens with one attached hydrogen (secondary N) is 1. The molecule has 2 N–H and O–H groups in total. The number of carboxylic acid groups (broad SMARTS) is 1. The molecule has 0 aliphatic carbocycles. The van der Waals surface area contributed by atoms with Crippen LogP contribution >= 0.6 is 0 Å². The lowest BCUT2D eigenvalue weighted by Crippen LogP contribution is -2.11. The van der Waals surface area contributed by atoms with Gasteiger partial charge in [-0.1, -0.05) is 12.1 Å². The van der Waals surface area contributed by atoms with Gasteiger partial charge in [0.2, 0.25) is 0 Å². The van der Waals surface area contributed by atoms with Crippen molar-refractivity contribution in [2.75, 3.05) is 0 Å². The van der Waals surface area contributed by atoms with E-state index >= 15 is 0 Å². The van der Waals surface area contributed by atoms with Gasteiger partial charge in [0.05, 0.1) is 11.4 Å². The number of aliphatic carboxylic acids is 1. The summed E-state index contributed by atoms with van der Waals surface area (Å²) in [5.74, 6) is -2.22. The highest BCUT2D eigenvalue weighted by Crippen LogP contribution is 2.36. The fourth-order valence-electron chi connectivity index (χ4n) is 1.79. The van der Waals surface area contributed by atoms with E-state index in [2.05, 4.69) is 5.10 Å². The van der Waals surface area contributed by atoms with Crippen LogP contribution in [0.15, 0.2) is 18.2 Å². The first-order valence-electron chi connectivity index (χ1n) is 5.09. The Hall–Kier alpha value is -2.05. The van der Waals surface area contributed by atoms with Gasteiger partial charge in [-0.15, -0.1) is 0 Å². The second-order valence-corrected chi connectivity index (χ2v) is 3.90. The lowest BCUT2D eigenvalue weighted by molar-refractivity contribution is -0.141. The molecule has 2 rings (SSSR count). The number of carbonyl (C=O) groups is 1. The second kappa shape index (κ2) is 4.01. The number of hydrogen-bond acceptors (Lipinski definition) is 2. The van der Waals surface area contributed by atoms with Crippen LogP contribution < -0.4 is 0 Å². The van der Waals surface area contributed by atoms with Crippen molar-refractivity contribution < 1.29 is 23.1 Å². The van der Waals surface area contributed by atoms with Gasteiger partial charge in [0.25, 0.3) is 0 Å². The summed E-state index contributed by atoms with van der Waals surface area (Å²) in [6.07, 6.45) is -4.59. The van der Waals surface area contributed by atoms with E-state index < -0.39 is 23.8 Å². The van der Waals surface area contributed by atoms with E-state index in [1.165, 1.54) is 25.1 Å². The number of hydrogen-bond donors (Lipinski definition) is 2. The highest BCUT2D eigenvalue weighted by molar-refractivity contribution is 5.90. The summed E-state index contributed by atoms with van der Waals surface area (Å²) in [7, 11) is 0. The zero-order valence-electron chi connectivity index (χ0n) is 9.25. The predicted octanol–water partition coefficient (Wildman–Crippen LogP) is 2.77. The van der Waals surface area contributed by atoms with Gasteiger partial charge in [-0.3, -0.25) is 9.89 Å². The molecule has 0 aliphatic rings. The van der Waals surface area contributed by atoms with Crippen molar-refractivity contribution >= 4 is 16.9 Å². The molecular weight excluding hydrogens is 249 g/mol. The average Bonchev–Trinajstić information content (AvgIpc) is 2.70. The minimum Gasteiger partial charge on any atom is -0.481 e. The quantitative estimate of drug-likeness (QED) is 0.870. The first kappa shape index (κ1) is 12.4. The Kier molecular flexibility index (Phi) is 2.76. The molecule has 1 aromatic carbocycles. The van der Waals surface area contributed by atoms with Crippen molar-refractivity contribution in [2.45, 2.75) is 19.0 Å². The summed E-state index contributed by atoms with van der Waals surface area (Å²) < 4.78 is 38.3. The number of H-pyrrole nitrogens is 1. The predicted molar refractivity (Wildman–Crippen MR) is 57.1 cm³/mol. The molecule has 0 saturated carbocycles. The van der Waals surface area contributed by atoms with Crippen LogP contribution in [0.25, 0.3) is 10.9 Å². The Bertz CT molecular complexity index is 604. The lowest BCUT2D eigenvalue weighted by Gasteiger charge is -2.10. The zero-order chi connectivity index (χ0) is 13.5. The minimum atomic E-state index is -4.59. The Morgan fingerprint density at radius 1 is 1.44 bits per heavy atom. The van der Waals surface area contributed by atoms with Crippen LogP contribution in [0, 0.1) is 0 Å². The van der Waals surface area contributed by atoms with Crippen LogP contribution in [-0.2, 0) is 11.0 Å². The first-order valence-corrected chi connectivity index (χ1v) is 5.09. The van der Waals surface area contributed by atoms with Crippen molar-refractivity contribution in [1.82, 2.24) is 10.2 Å². The van der Waals surface area contributed by atoms with Crippen molar-refractivity contribution in [3.05, 3.63) is 29.5 Å². The van der Waals surface area contributed by atoms with Gasteiger partial charge in [0.1, 0.15) is 5.69 Å². The Morgan fingerprint density at radius 3 is 2.67 bits per heavy atom. The Morgan fingerprint density at radius 2 is 2.11 bits per heavy atom. The molecule has 0 amide bonds. The first-order chi connectivity index (χ1) is 8.32. The standard InChI is InChI=1S/C11H9F3N2O2/c1-5(10(17)18)6-3-2-4-7-8(6)9(16-15-7)11(12,13)14/h2-5H,1H3,(H,15,16)(H,17,18). The number of rotatable bonds is 2. The summed E-state index contributed by atoms with van der Waals surface area (Å²) in [6, 6.07) is 4.25. The third kappa shape index (κ3) is 1.92. The van der Waals surface area contributed by atoms with E-state index in [0.29, 0.717) is 0 Å². The second-order valence-electron chi connectivity index (χ2n) is 3.90. The Balaban J connectivity index is 2.74. The fourth-order valence-corrected chi connectivity index (χ4v) is 1.79. The van der Waals surface area contributed by atoms with Crippen LogP contribution in [0.5, 0.6) is 0 Å². The smallest absolute Gasteiger partial charge is 0.433 e. The molecule has 0 radical (unpaired) electrons. The van der Waals surface area contributed by atoms with E-state index in [0.717, 1.165) is 0 Å². The van der Waals surface area contributed by atoms with E-state index in [1.807, 2.05) is 5.10 Å². The number of carboxylic acids is 1. The molecule has 0 spiro atoms. The molecule has 2 aromatic rings. The number of fused-ring (bicyclic) bond motifs is 1. The maximum absolute atomic E-state index is 12.8. The van der Waals surface area contributed by atoms with Crippen molar-refractivity contribution in [2.24, 2.45) is 0 Å². The molecule has 1 heterocycles. The normalized spacial score (nSPS) is 13.8. The third-order valence-electron chi connectivity index (χ3n) is 2.73. The summed E-state index contributed by atoms with van der Waals surface area (Å²) in [6.45, 7) is 1.34. The molecular formula is C11H9F3N2O2. The van der Waals surface area contributed by atoms with Crippen LogP contribution in [0.2, 0.25) is 0 Å². The number of halogens is 3. The molecule has 1 atom stereocenters. The number of aromatic nitrogens is 2. The largest absolute Gasteiger partial charge is 0.481 e. The molecule has 0 saturated heterocycles. The van der Waals surface area contributed by atoms with Crippen LogP contribution in [0.4, 0.5) is 13.2 Å². The third-order valence-corrected chi connectivity index (χ3v) is 2.73. The van der Waals surface area contributed by atoms with E-state index in [1.54, 1.807) is 0 Å². The zero-order valence-corrected chi connectivity index (χ0v) is 9.25. The molecule has 1 unspecified atom stereocenters. The highest BCUT2D eigenvalue weighted by Gasteiger charge is 2.36. The van der Waals surface area contributed by atoms with Gasteiger partial charge in [-0.05, 0) is 18.6 Å². The molecule has 1 aromatic heterocycles. The minimum absolute atomic E-state index is 0.0982. The number of benzene rings is 1. The topological polar surface area (TPSA) is 66.0 Å². The number of nitrogens with zero attached hydrogens (tertiary/aromatic N) is 1. The van der Waals surface area contributed by atoms with Crippen LogP contribution in [0.1, 0.15) is 24.1 Å². The van der Waals surface area contributed by atoms with Crippen molar-refractivity contribution in [3.8, 4) is 0 Å². The molecule has 0 fully saturated rings. The van der Waals surface area contributed by atoms with Gasteiger partial charge in [-0.25, -0.2) is 0 Å². The fraction of sp³-hybridized carbons (Fsp3) is 0.273. The maximum atomic E-state index is 12.8.